The number of aryl methyl sites for hydroxylation is 2. The lowest BCUT2D eigenvalue weighted by Crippen LogP contribution is -2.15. The molecule has 0 saturated heterocycles. The van der Waals surface area contributed by atoms with Gasteiger partial charge in [-0.3, -0.25) is 9.59 Å². The van der Waals surface area contributed by atoms with Gasteiger partial charge in [-0.25, -0.2) is 0 Å². The second-order valence-corrected chi connectivity index (χ2v) is 5.07. The number of benzene rings is 1. The predicted molar refractivity (Wildman–Crippen MR) is 78.6 cm³/mol. The van der Waals surface area contributed by atoms with E-state index < -0.39 is 0 Å². The quantitative estimate of drug-likeness (QED) is 0.548. The van der Waals surface area contributed by atoms with E-state index in [0.29, 0.717) is 5.56 Å². The Balaban J connectivity index is 2.86. The highest BCUT2D eigenvalue weighted by atomic mass is 16.1. The van der Waals surface area contributed by atoms with E-state index in [-0.39, 0.29) is 23.9 Å². The molecule has 0 radical (unpaired) electrons. The molecular weight excluding hydrogens is 236 g/mol. The number of carbonyl (C=O) groups excluding carboxylic acids is 2. The number of hydrogen-bond donors (Lipinski definition) is 0. The maximum atomic E-state index is 12.1. The summed E-state index contributed by atoms with van der Waals surface area (Å²) in [7, 11) is 0. The minimum atomic E-state index is -0.0531. The van der Waals surface area contributed by atoms with Crippen molar-refractivity contribution in [3.05, 3.63) is 34.9 Å². The third-order valence-electron chi connectivity index (χ3n) is 3.79. The van der Waals surface area contributed by atoms with Gasteiger partial charge in [0.2, 0.25) is 0 Å². The van der Waals surface area contributed by atoms with Crippen LogP contribution in [-0.2, 0) is 17.6 Å². The number of hydrogen-bond acceptors (Lipinski definition) is 2. The summed E-state index contributed by atoms with van der Waals surface area (Å²) < 4.78 is 0. The molecule has 0 bridgehead atoms. The normalized spacial score (nSPS) is 12.2. The van der Waals surface area contributed by atoms with Crippen LogP contribution in [-0.4, -0.2) is 11.6 Å². The van der Waals surface area contributed by atoms with Crippen molar-refractivity contribution in [2.75, 3.05) is 0 Å². The smallest absolute Gasteiger partial charge is 0.170 e. The third-order valence-corrected chi connectivity index (χ3v) is 3.79. The molecule has 1 rings (SSSR count). The number of Topliss-reactive ketones (excluding diaryl/α,β-unsaturated/α-hetero) is 2. The Morgan fingerprint density at radius 3 is 2.21 bits per heavy atom. The average Bonchev–Trinajstić information content (AvgIpc) is 2.45. The van der Waals surface area contributed by atoms with Crippen molar-refractivity contribution in [2.24, 2.45) is 5.92 Å². The van der Waals surface area contributed by atoms with Crippen molar-refractivity contribution in [2.45, 2.75) is 53.4 Å². The summed E-state index contributed by atoms with van der Waals surface area (Å²) in [6.45, 7) is 8.06. The molecule has 2 heteroatoms. The molecule has 0 aromatic heterocycles. The van der Waals surface area contributed by atoms with E-state index >= 15 is 0 Å². The molecule has 0 heterocycles. The maximum Gasteiger partial charge on any atom is 0.170 e. The SMILES string of the molecule is CCc1ccc(C(=O)CC(=O)C(C)CC)cc1CC. The maximum absolute atomic E-state index is 12.1. The van der Waals surface area contributed by atoms with Gasteiger partial charge >= 0.3 is 0 Å². The van der Waals surface area contributed by atoms with Gasteiger partial charge < -0.3 is 0 Å². The largest absolute Gasteiger partial charge is 0.299 e. The van der Waals surface area contributed by atoms with Gasteiger partial charge in [0.15, 0.2) is 5.78 Å². The Kier molecular flexibility index (Phi) is 5.94. The Morgan fingerprint density at radius 2 is 1.68 bits per heavy atom. The second-order valence-electron chi connectivity index (χ2n) is 5.07. The molecule has 0 saturated carbocycles. The van der Waals surface area contributed by atoms with Gasteiger partial charge in [0.25, 0.3) is 0 Å². The lowest BCUT2D eigenvalue weighted by Gasteiger charge is -2.10. The summed E-state index contributed by atoms with van der Waals surface area (Å²) >= 11 is 0. The zero-order chi connectivity index (χ0) is 14.4. The number of rotatable bonds is 7. The number of ketones is 2. The van der Waals surface area contributed by atoms with Crippen LogP contribution in [0, 0.1) is 5.92 Å². The zero-order valence-electron chi connectivity index (χ0n) is 12.5. The van der Waals surface area contributed by atoms with Crippen LogP contribution in [0.2, 0.25) is 0 Å². The standard InChI is InChI=1S/C17H24O2/c1-5-12(4)16(18)11-17(19)15-9-8-13(6-2)14(7-3)10-15/h8-10,12H,5-7,11H2,1-4H3. The molecule has 0 amide bonds. The summed E-state index contributed by atoms with van der Waals surface area (Å²) in [4.78, 5) is 23.9. The van der Waals surface area contributed by atoms with E-state index in [4.69, 9.17) is 0 Å². The molecule has 0 aliphatic carbocycles. The van der Waals surface area contributed by atoms with Gasteiger partial charge in [-0.1, -0.05) is 39.8 Å². The molecule has 1 atom stereocenters. The minimum Gasteiger partial charge on any atom is -0.299 e. The Hall–Kier alpha value is -1.44. The highest BCUT2D eigenvalue weighted by Crippen LogP contribution is 2.16. The fourth-order valence-electron chi connectivity index (χ4n) is 2.14. The van der Waals surface area contributed by atoms with Crippen LogP contribution in [0.3, 0.4) is 0 Å². The highest BCUT2D eigenvalue weighted by molar-refractivity contribution is 6.08. The highest BCUT2D eigenvalue weighted by Gasteiger charge is 2.17. The van der Waals surface area contributed by atoms with Crippen molar-refractivity contribution < 1.29 is 9.59 Å². The van der Waals surface area contributed by atoms with Gasteiger partial charge in [-0.15, -0.1) is 0 Å². The van der Waals surface area contributed by atoms with E-state index in [9.17, 15) is 9.59 Å². The molecule has 0 N–H and O–H groups in total. The van der Waals surface area contributed by atoms with Crippen LogP contribution < -0.4 is 0 Å². The van der Waals surface area contributed by atoms with Crippen molar-refractivity contribution in [3.8, 4) is 0 Å². The minimum absolute atomic E-state index is 0.0236. The molecule has 1 unspecified atom stereocenters. The fraction of sp³-hybridized carbons (Fsp3) is 0.529. The first-order valence-electron chi connectivity index (χ1n) is 7.21. The Bertz CT molecular complexity index is 460. The van der Waals surface area contributed by atoms with E-state index in [0.717, 1.165) is 19.3 Å². The number of carbonyl (C=O) groups is 2. The zero-order valence-corrected chi connectivity index (χ0v) is 12.5. The monoisotopic (exact) mass is 260 g/mol. The predicted octanol–water partition coefficient (Wildman–Crippen LogP) is 4.00. The molecule has 19 heavy (non-hydrogen) atoms. The van der Waals surface area contributed by atoms with Crippen molar-refractivity contribution in [1.29, 1.82) is 0 Å². The first kappa shape index (κ1) is 15.6. The van der Waals surface area contributed by atoms with Crippen molar-refractivity contribution in [1.82, 2.24) is 0 Å². The Morgan fingerprint density at radius 1 is 1.05 bits per heavy atom. The average molecular weight is 260 g/mol. The van der Waals surface area contributed by atoms with E-state index in [1.54, 1.807) is 0 Å². The molecule has 0 spiro atoms. The van der Waals surface area contributed by atoms with Crippen LogP contribution in [0.15, 0.2) is 18.2 Å². The molecule has 1 aromatic rings. The van der Waals surface area contributed by atoms with Gasteiger partial charge in [0, 0.05) is 11.5 Å². The second kappa shape index (κ2) is 7.22. The molecular formula is C17H24O2. The molecule has 1 aromatic carbocycles. The van der Waals surface area contributed by atoms with Crippen LogP contribution in [0.1, 0.15) is 62.0 Å². The summed E-state index contributed by atoms with van der Waals surface area (Å²) in [6.07, 6.45) is 2.72. The van der Waals surface area contributed by atoms with Gasteiger partial charge in [-0.2, -0.15) is 0 Å². The van der Waals surface area contributed by atoms with Crippen molar-refractivity contribution >= 4 is 11.6 Å². The summed E-state index contributed by atoms with van der Waals surface area (Å²) in [5, 5.41) is 0. The fourth-order valence-corrected chi connectivity index (χ4v) is 2.14. The summed E-state index contributed by atoms with van der Waals surface area (Å²) in [5.74, 6) is -0.0303. The topological polar surface area (TPSA) is 34.1 Å². The van der Waals surface area contributed by atoms with Crippen molar-refractivity contribution in [3.63, 3.8) is 0 Å². The van der Waals surface area contributed by atoms with Gasteiger partial charge in [-0.05, 0) is 36.5 Å². The Labute approximate surface area is 116 Å². The molecule has 2 nitrogen and oxygen atoms in total. The van der Waals surface area contributed by atoms with E-state index in [2.05, 4.69) is 13.8 Å². The van der Waals surface area contributed by atoms with Crippen LogP contribution in [0.25, 0.3) is 0 Å². The van der Waals surface area contributed by atoms with E-state index in [1.807, 2.05) is 32.0 Å². The van der Waals surface area contributed by atoms with Gasteiger partial charge in [0.1, 0.15) is 5.78 Å². The molecule has 0 fully saturated rings. The first-order valence-corrected chi connectivity index (χ1v) is 7.21. The van der Waals surface area contributed by atoms with Crippen LogP contribution in [0.5, 0.6) is 0 Å². The summed E-state index contributed by atoms with van der Waals surface area (Å²) in [5.41, 5.74) is 3.17. The lowest BCUT2D eigenvalue weighted by molar-refractivity contribution is -0.121. The van der Waals surface area contributed by atoms with Crippen LogP contribution in [0.4, 0.5) is 0 Å². The third kappa shape index (κ3) is 4.02. The summed E-state index contributed by atoms with van der Waals surface area (Å²) in [6, 6.07) is 5.81. The molecule has 104 valence electrons. The van der Waals surface area contributed by atoms with E-state index in [1.165, 1.54) is 11.1 Å². The first-order chi connectivity index (χ1) is 9.03. The molecule has 0 aliphatic rings. The lowest BCUT2D eigenvalue weighted by atomic mass is 9.94. The molecule has 0 aliphatic heterocycles. The van der Waals surface area contributed by atoms with Crippen LogP contribution >= 0.6 is 0 Å². The van der Waals surface area contributed by atoms with Gasteiger partial charge in [0.05, 0.1) is 6.42 Å².